The van der Waals surface area contributed by atoms with E-state index in [9.17, 15) is 13.2 Å². The first-order valence-corrected chi connectivity index (χ1v) is 11.7. The number of hydrogen-bond acceptors (Lipinski definition) is 6. The summed E-state index contributed by atoms with van der Waals surface area (Å²) < 4.78 is 41.5. The zero-order valence-corrected chi connectivity index (χ0v) is 19.6. The van der Waals surface area contributed by atoms with Gasteiger partial charge in [0.2, 0.25) is 0 Å². The summed E-state index contributed by atoms with van der Waals surface area (Å²) in [4.78, 5) is 12.9. The van der Waals surface area contributed by atoms with E-state index in [1.807, 2.05) is 26.8 Å². The van der Waals surface area contributed by atoms with Crippen molar-refractivity contribution in [2.45, 2.75) is 37.5 Å². The van der Waals surface area contributed by atoms with Gasteiger partial charge in [-0.25, -0.2) is 8.42 Å². The van der Waals surface area contributed by atoms with Crippen LogP contribution in [0.25, 0.3) is 0 Å². The minimum atomic E-state index is -3.60. The molecule has 0 aliphatic heterocycles. The molecule has 1 aromatic heterocycles. The van der Waals surface area contributed by atoms with E-state index in [4.69, 9.17) is 13.9 Å². The summed E-state index contributed by atoms with van der Waals surface area (Å²) in [6.45, 7) is 5.61. The molecule has 3 aromatic rings. The standard InChI is InChI=1S/C24H27NO6S/c1-15-6-9-20(12-16(15)2)32(27,28)14-19-8-11-22(31-19)24(26)25-17(3)18-7-10-21(29-4)23(13-18)30-5/h6-13,17H,14H2,1-5H3,(H,25,26)/t17-/m1/s1. The van der Waals surface area contributed by atoms with Crippen LogP contribution in [0.2, 0.25) is 0 Å². The number of furan rings is 1. The quantitative estimate of drug-likeness (QED) is 0.539. The van der Waals surface area contributed by atoms with Crippen molar-refractivity contribution in [2.24, 2.45) is 0 Å². The Hall–Kier alpha value is -3.26. The topological polar surface area (TPSA) is 94.8 Å². The van der Waals surface area contributed by atoms with Crippen LogP contribution in [0.1, 0.15) is 46.0 Å². The number of hydrogen-bond donors (Lipinski definition) is 1. The molecule has 0 aliphatic rings. The van der Waals surface area contributed by atoms with Crippen LogP contribution >= 0.6 is 0 Å². The van der Waals surface area contributed by atoms with Gasteiger partial charge in [-0.05, 0) is 73.9 Å². The highest BCUT2D eigenvalue weighted by molar-refractivity contribution is 7.90. The third kappa shape index (κ3) is 5.13. The molecule has 2 aromatic carbocycles. The van der Waals surface area contributed by atoms with Gasteiger partial charge in [0.15, 0.2) is 27.1 Å². The summed E-state index contributed by atoms with van der Waals surface area (Å²) >= 11 is 0. The summed E-state index contributed by atoms with van der Waals surface area (Å²) in [5, 5.41) is 2.84. The summed E-state index contributed by atoms with van der Waals surface area (Å²) in [6, 6.07) is 13.0. The van der Waals surface area contributed by atoms with Crippen LogP contribution in [-0.4, -0.2) is 28.5 Å². The molecule has 1 amide bonds. The van der Waals surface area contributed by atoms with Crippen molar-refractivity contribution >= 4 is 15.7 Å². The fraction of sp³-hybridized carbons (Fsp3) is 0.292. The largest absolute Gasteiger partial charge is 0.493 e. The van der Waals surface area contributed by atoms with Crippen LogP contribution < -0.4 is 14.8 Å². The van der Waals surface area contributed by atoms with Crippen molar-refractivity contribution in [1.82, 2.24) is 5.32 Å². The van der Waals surface area contributed by atoms with Gasteiger partial charge < -0.3 is 19.2 Å². The molecule has 3 rings (SSSR count). The van der Waals surface area contributed by atoms with E-state index in [-0.39, 0.29) is 28.2 Å². The Bertz CT molecular complexity index is 1230. The summed E-state index contributed by atoms with van der Waals surface area (Å²) in [5.74, 6) is 0.629. The molecule has 32 heavy (non-hydrogen) atoms. The first-order chi connectivity index (χ1) is 15.1. The third-order valence-corrected chi connectivity index (χ3v) is 6.95. The lowest BCUT2D eigenvalue weighted by molar-refractivity contribution is 0.0910. The fourth-order valence-electron chi connectivity index (χ4n) is 3.23. The van der Waals surface area contributed by atoms with Gasteiger partial charge in [0.25, 0.3) is 5.91 Å². The lowest BCUT2D eigenvalue weighted by atomic mass is 10.1. The molecule has 8 heteroatoms. The molecule has 1 heterocycles. The predicted octanol–water partition coefficient (Wildman–Crippen LogP) is 4.38. The number of amides is 1. The third-order valence-electron chi connectivity index (χ3n) is 5.31. The van der Waals surface area contributed by atoms with Gasteiger partial charge in [0.05, 0.1) is 25.2 Å². The number of carbonyl (C=O) groups is 1. The van der Waals surface area contributed by atoms with Gasteiger partial charge >= 0.3 is 0 Å². The van der Waals surface area contributed by atoms with E-state index >= 15 is 0 Å². The van der Waals surface area contributed by atoms with Gasteiger partial charge in [-0.1, -0.05) is 12.1 Å². The Labute approximate surface area is 188 Å². The van der Waals surface area contributed by atoms with E-state index in [0.717, 1.165) is 16.7 Å². The highest BCUT2D eigenvalue weighted by Gasteiger charge is 2.21. The van der Waals surface area contributed by atoms with E-state index < -0.39 is 15.7 Å². The molecule has 0 radical (unpaired) electrons. The van der Waals surface area contributed by atoms with Crippen molar-refractivity contribution < 1.29 is 27.1 Å². The first kappa shape index (κ1) is 23.4. The lowest BCUT2D eigenvalue weighted by Gasteiger charge is -2.16. The second-order valence-corrected chi connectivity index (χ2v) is 9.57. The molecule has 1 atom stereocenters. The van der Waals surface area contributed by atoms with E-state index in [1.165, 1.54) is 12.1 Å². The van der Waals surface area contributed by atoms with Gasteiger partial charge in [0, 0.05) is 0 Å². The summed E-state index contributed by atoms with van der Waals surface area (Å²) in [6.07, 6.45) is 0. The van der Waals surface area contributed by atoms with Gasteiger partial charge in [0.1, 0.15) is 11.5 Å². The molecular weight excluding hydrogens is 430 g/mol. The average Bonchev–Trinajstić information content (AvgIpc) is 3.22. The Morgan fingerprint density at radius 3 is 2.34 bits per heavy atom. The molecule has 0 saturated heterocycles. The van der Waals surface area contributed by atoms with Gasteiger partial charge in [-0.2, -0.15) is 0 Å². The van der Waals surface area contributed by atoms with Crippen molar-refractivity contribution in [3.8, 4) is 11.5 Å². The Kier molecular flexibility index (Phi) is 6.93. The molecule has 0 spiro atoms. The Morgan fingerprint density at radius 1 is 0.969 bits per heavy atom. The van der Waals surface area contributed by atoms with Crippen LogP contribution in [0.3, 0.4) is 0 Å². The summed E-state index contributed by atoms with van der Waals surface area (Å²) in [7, 11) is -0.501. The van der Waals surface area contributed by atoms with Crippen molar-refractivity contribution in [3.63, 3.8) is 0 Å². The molecule has 170 valence electrons. The number of carbonyl (C=O) groups excluding carboxylic acids is 1. The average molecular weight is 458 g/mol. The van der Waals surface area contributed by atoms with E-state index in [1.54, 1.807) is 44.6 Å². The van der Waals surface area contributed by atoms with Crippen molar-refractivity contribution in [3.05, 3.63) is 76.7 Å². The second-order valence-electron chi connectivity index (χ2n) is 7.58. The van der Waals surface area contributed by atoms with Crippen molar-refractivity contribution in [1.29, 1.82) is 0 Å². The van der Waals surface area contributed by atoms with Crippen LogP contribution in [0.15, 0.2) is 57.8 Å². The highest BCUT2D eigenvalue weighted by Crippen LogP contribution is 2.30. The molecular formula is C24H27NO6S. The molecule has 1 N–H and O–H groups in total. The van der Waals surface area contributed by atoms with Crippen LogP contribution in [0, 0.1) is 13.8 Å². The zero-order chi connectivity index (χ0) is 23.5. The maximum atomic E-state index is 12.7. The van der Waals surface area contributed by atoms with E-state index in [0.29, 0.717) is 11.5 Å². The number of ether oxygens (including phenoxy) is 2. The molecule has 7 nitrogen and oxygen atoms in total. The number of aryl methyl sites for hydroxylation is 2. The zero-order valence-electron chi connectivity index (χ0n) is 18.8. The fourth-order valence-corrected chi connectivity index (χ4v) is 4.56. The van der Waals surface area contributed by atoms with Crippen LogP contribution in [-0.2, 0) is 15.6 Å². The maximum absolute atomic E-state index is 12.7. The number of nitrogens with one attached hydrogen (secondary N) is 1. The second kappa shape index (κ2) is 9.48. The molecule has 0 bridgehead atoms. The highest BCUT2D eigenvalue weighted by atomic mass is 32.2. The number of methoxy groups -OCH3 is 2. The first-order valence-electron chi connectivity index (χ1n) is 10.1. The van der Waals surface area contributed by atoms with Crippen molar-refractivity contribution in [2.75, 3.05) is 14.2 Å². The normalized spacial score (nSPS) is 12.3. The maximum Gasteiger partial charge on any atom is 0.287 e. The smallest absolute Gasteiger partial charge is 0.287 e. The number of benzene rings is 2. The SMILES string of the molecule is COc1ccc([C@@H](C)NC(=O)c2ccc(CS(=O)(=O)c3ccc(C)c(C)c3)o2)cc1OC. The van der Waals surface area contributed by atoms with Crippen LogP contribution in [0.4, 0.5) is 0 Å². The molecule has 0 unspecified atom stereocenters. The van der Waals surface area contributed by atoms with E-state index in [2.05, 4.69) is 5.32 Å². The minimum absolute atomic E-state index is 0.0441. The van der Waals surface area contributed by atoms with Gasteiger partial charge in [-0.3, -0.25) is 4.79 Å². The molecule has 0 fully saturated rings. The Balaban J connectivity index is 1.71. The monoisotopic (exact) mass is 457 g/mol. The lowest BCUT2D eigenvalue weighted by Crippen LogP contribution is -2.26. The minimum Gasteiger partial charge on any atom is -0.493 e. The molecule has 0 aliphatic carbocycles. The molecule has 0 saturated carbocycles. The summed E-state index contributed by atoms with van der Waals surface area (Å²) in [5.41, 5.74) is 2.74. The number of sulfone groups is 1. The Morgan fingerprint density at radius 2 is 1.69 bits per heavy atom. The van der Waals surface area contributed by atoms with Crippen LogP contribution in [0.5, 0.6) is 11.5 Å². The number of rotatable bonds is 8. The van der Waals surface area contributed by atoms with Gasteiger partial charge in [-0.15, -0.1) is 0 Å². The predicted molar refractivity (Wildman–Crippen MR) is 121 cm³/mol.